The molecular weight excluding hydrogens is 929 g/mol. The van der Waals surface area contributed by atoms with Crippen molar-refractivity contribution < 1.29 is 0 Å². The Kier molecular flexibility index (Phi) is 15.5. The number of anilines is 6. The van der Waals surface area contributed by atoms with Crippen LogP contribution in [0.15, 0.2) is 194 Å². The summed E-state index contributed by atoms with van der Waals surface area (Å²) >= 11 is 7.41. The van der Waals surface area contributed by atoms with Crippen LogP contribution in [0.25, 0.3) is 50.4 Å². The second-order valence-electron chi connectivity index (χ2n) is 17.6. The first kappa shape index (κ1) is 47.3. The quantitative estimate of drug-likeness (QED) is 0.0672. The van der Waals surface area contributed by atoms with Crippen molar-refractivity contribution in [3.8, 4) is 50.4 Å². The second-order valence-corrected chi connectivity index (χ2v) is 21.8. The third kappa shape index (κ3) is 11.0. The molecule has 6 aromatic carbocycles. The number of benzene rings is 6. The predicted molar refractivity (Wildman–Crippen MR) is 306 cm³/mol. The highest BCUT2D eigenvalue weighted by Gasteiger charge is 2.23. The molecule has 0 bridgehead atoms. The zero-order valence-corrected chi connectivity index (χ0v) is 43.2. The second kappa shape index (κ2) is 23.0. The standard InChI is InChI=1S/C62H58N4S4/c1-3-5-7-21-31-53-59(57-43-41-55(67-57)45-33-37-51(38-34-45)65(47-23-13-9-14-24-47)48-25-15-10-16-26-48)69-61(63-53)62-64-54(32-22-8-6-4-2)60(70-62)58-44-42-56(68-58)46-35-39-52(40-36-46)66(49-27-17-11-18-28-49)50-29-19-12-20-30-50/h9-20,23-30,33-44H,3-8,21-22,31-32H2,1-2H3. The number of aromatic nitrogens is 2. The first-order valence-corrected chi connectivity index (χ1v) is 28.1. The van der Waals surface area contributed by atoms with E-state index in [1.54, 1.807) is 0 Å². The van der Waals surface area contributed by atoms with Crippen molar-refractivity contribution in [2.45, 2.75) is 78.1 Å². The van der Waals surface area contributed by atoms with Crippen LogP contribution in [0.3, 0.4) is 0 Å². The van der Waals surface area contributed by atoms with Crippen molar-refractivity contribution >= 4 is 79.5 Å². The number of thiazole rings is 2. The van der Waals surface area contributed by atoms with Gasteiger partial charge in [0.2, 0.25) is 0 Å². The van der Waals surface area contributed by atoms with Gasteiger partial charge in [-0.05, 0) is 134 Å². The van der Waals surface area contributed by atoms with Gasteiger partial charge in [0.1, 0.15) is 0 Å². The Balaban J connectivity index is 0.937. The maximum Gasteiger partial charge on any atom is 0.153 e. The summed E-state index contributed by atoms with van der Waals surface area (Å²) in [5, 5.41) is 2.09. The number of aryl methyl sites for hydroxylation is 2. The van der Waals surface area contributed by atoms with Crippen molar-refractivity contribution in [1.29, 1.82) is 0 Å². The lowest BCUT2D eigenvalue weighted by atomic mass is 10.1. The Hall–Kier alpha value is -6.42. The molecule has 0 N–H and O–H groups in total. The van der Waals surface area contributed by atoms with Gasteiger partial charge in [0, 0.05) is 53.6 Å². The van der Waals surface area contributed by atoms with Crippen molar-refractivity contribution in [2.75, 3.05) is 9.80 Å². The molecule has 0 atom stereocenters. The van der Waals surface area contributed by atoms with Crippen molar-refractivity contribution in [1.82, 2.24) is 9.97 Å². The molecule has 0 saturated carbocycles. The van der Waals surface area contributed by atoms with Gasteiger partial charge in [-0.3, -0.25) is 0 Å². The fourth-order valence-electron chi connectivity index (χ4n) is 9.03. The van der Waals surface area contributed by atoms with Gasteiger partial charge in [-0.25, -0.2) is 9.97 Å². The minimum atomic E-state index is 0.978. The van der Waals surface area contributed by atoms with E-state index in [9.17, 15) is 0 Å². The molecule has 0 amide bonds. The van der Waals surface area contributed by atoms with Crippen LogP contribution < -0.4 is 9.80 Å². The third-order valence-electron chi connectivity index (χ3n) is 12.6. The minimum absolute atomic E-state index is 0.978. The first-order valence-electron chi connectivity index (χ1n) is 24.8. The Morgan fingerprint density at radius 1 is 0.314 bits per heavy atom. The van der Waals surface area contributed by atoms with Gasteiger partial charge in [0.25, 0.3) is 0 Å². The van der Waals surface area contributed by atoms with Crippen molar-refractivity contribution in [3.63, 3.8) is 0 Å². The van der Waals surface area contributed by atoms with Crippen LogP contribution in [0.1, 0.15) is 76.6 Å². The van der Waals surface area contributed by atoms with Crippen molar-refractivity contribution in [3.05, 3.63) is 206 Å². The van der Waals surface area contributed by atoms with Crippen LogP contribution in [-0.2, 0) is 12.8 Å². The zero-order chi connectivity index (χ0) is 47.5. The molecule has 10 aromatic rings. The Labute approximate surface area is 430 Å². The van der Waals surface area contributed by atoms with Gasteiger partial charge in [0.15, 0.2) is 10.0 Å². The molecule has 8 heteroatoms. The number of hydrogen-bond acceptors (Lipinski definition) is 8. The van der Waals surface area contributed by atoms with Gasteiger partial charge < -0.3 is 9.80 Å². The van der Waals surface area contributed by atoms with Gasteiger partial charge in [0.05, 0.1) is 21.1 Å². The van der Waals surface area contributed by atoms with E-state index in [1.807, 2.05) is 45.3 Å². The summed E-state index contributed by atoms with van der Waals surface area (Å²) in [5.74, 6) is 0. The molecule has 0 aliphatic heterocycles. The van der Waals surface area contributed by atoms with Crippen molar-refractivity contribution in [2.24, 2.45) is 0 Å². The molecular formula is C62H58N4S4. The number of para-hydroxylation sites is 4. The van der Waals surface area contributed by atoms with E-state index in [0.29, 0.717) is 0 Å². The maximum absolute atomic E-state index is 5.47. The molecule has 0 aliphatic carbocycles. The summed E-state index contributed by atoms with van der Waals surface area (Å²) in [6.45, 7) is 4.57. The summed E-state index contributed by atoms with van der Waals surface area (Å²) in [7, 11) is 0. The fourth-order valence-corrected chi connectivity index (χ4v) is 13.6. The number of hydrogen-bond donors (Lipinski definition) is 0. The van der Waals surface area contributed by atoms with E-state index < -0.39 is 0 Å². The normalized spacial score (nSPS) is 11.3. The summed E-state index contributed by atoms with van der Waals surface area (Å²) in [6.07, 6.45) is 11.6. The number of unbranched alkanes of at least 4 members (excludes halogenated alkanes) is 6. The Morgan fingerprint density at radius 2 is 0.629 bits per heavy atom. The molecule has 0 fully saturated rings. The van der Waals surface area contributed by atoms with Crippen LogP contribution in [0.5, 0.6) is 0 Å². The topological polar surface area (TPSA) is 32.3 Å². The van der Waals surface area contributed by atoms with Crippen LogP contribution in [0, 0.1) is 0 Å². The zero-order valence-electron chi connectivity index (χ0n) is 40.0. The molecule has 350 valence electrons. The van der Waals surface area contributed by atoms with Crippen LogP contribution in [0.4, 0.5) is 34.1 Å². The van der Waals surface area contributed by atoms with Crippen LogP contribution in [0.2, 0.25) is 0 Å². The number of rotatable bonds is 21. The average Bonchev–Trinajstić information content (AvgIpc) is 4.26. The predicted octanol–water partition coefficient (Wildman–Crippen LogP) is 20.2. The minimum Gasteiger partial charge on any atom is -0.311 e. The highest BCUT2D eigenvalue weighted by atomic mass is 32.1. The fraction of sp³-hybridized carbons (Fsp3) is 0.194. The molecule has 0 unspecified atom stereocenters. The lowest BCUT2D eigenvalue weighted by molar-refractivity contribution is 0.662. The van der Waals surface area contributed by atoms with Gasteiger partial charge in [-0.1, -0.05) is 149 Å². The molecule has 4 heterocycles. The summed E-state index contributed by atoms with van der Waals surface area (Å²) < 4.78 is 0. The van der Waals surface area contributed by atoms with Crippen LogP contribution >= 0.6 is 45.3 Å². The van der Waals surface area contributed by atoms with Gasteiger partial charge >= 0.3 is 0 Å². The molecule has 10 rings (SSSR count). The molecule has 0 spiro atoms. The van der Waals surface area contributed by atoms with Gasteiger partial charge in [-0.2, -0.15) is 0 Å². The molecule has 70 heavy (non-hydrogen) atoms. The highest BCUT2D eigenvalue weighted by Crippen LogP contribution is 2.47. The van der Waals surface area contributed by atoms with E-state index in [2.05, 4.69) is 218 Å². The molecule has 0 aliphatic rings. The third-order valence-corrected chi connectivity index (χ3v) is 17.6. The largest absolute Gasteiger partial charge is 0.311 e. The lowest BCUT2D eigenvalue weighted by Gasteiger charge is -2.25. The van der Waals surface area contributed by atoms with Gasteiger partial charge in [-0.15, -0.1) is 45.3 Å². The van der Waals surface area contributed by atoms with E-state index in [4.69, 9.17) is 9.97 Å². The molecule has 4 nitrogen and oxygen atoms in total. The Morgan fingerprint density at radius 3 is 0.957 bits per heavy atom. The monoisotopic (exact) mass is 986 g/mol. The van der Waals surface area contributed by atoms with E-state index >= 15 is 0 Å². The van der Waals surface area contributed by atoms with Crippen LogP contribution in [-0.4, -0.2) is 9.97 Å². The summed E-state index contributed by atoms with van der Waals surface area (Å²) in [5.41, 5.74) is 11.7. The maximum atomic E-state index is 5.47. The number of thiophene rings is 2. The average molecular weight is 987 g/mol. The lowest BCUT2D eigenvalue weighted by Crippen LogP contribution is -2.09. The summed E-state index contributed by atoms with van der Waals surface area (Å²) in [6, 6.07) is 69.7. The molecule has 0 radical (unpaired) electrons. The van der Waals surface area contributed by atoms with E-state index in [1.165, 1.54) is 90.3 Å². The molecule has 0 saturated heterocycles. The Bertz CT molecular complexity index is 2880. The van der Waals surface area contributed by atoms with E-state index in [0.717, 1.165) is 69.8 Å². The number of nitrogens with zero attached hydrogens (tertiary/aromatic N) is 4. The molecule has 4 aromatic heterocycles. The smallest absolute Gasteiger partial charge is 0.153 e. The first-order chi connectivity index (χ1) is 34.6. The van der Waals surface area contributed by atoms with E-state index in [-0.39, 0.29) is 0 Å². The highest BCUT2D eigenvalue weighted by molar-refractivity contribution is 7.29. The summed E-state index contributed by atoms with van der Waals surface area (Å²) in [4.78, 5) is 23.2. The SMILES string of the molecule is CCCCCCc1nc(-c2nc(CCCCCC)c(-c3ccc(-c4ccc(N(c5ccccc5)c5ccccc5)cc4)s3)s2)sc1-c1ccc(-c2ccc(N(c3ccccc3)c3ccccc3)cc2)s1.